The zero-order valence-corrected chi connectivity index (χ0v) is 12.2. The van der Waals surface area contributed by atoms with Gasteiger partial charge in [0.2, 0.25) is 11.8 Å². The van der Waals surface area contributed by atoms with Gasteiger partial charge in [-0.15, -0.1) is 0 Å². The van der Waals surface area contributed by atoms with Gasteiger partial charge in [0.1, 0.15) is 5.92 Å². The van der Waals surface area contributed by atoms with Crippen LogP contribution in [0.1, 0.15) is 43.2 Å². The predicted molar refractivity (Wildman–Crippen MR) is 76.6 cm³/mol. The maximum absolute atomic E-state index is 12.7. The zero-order valence-electron chi connectivity index (χ0n) is 12.2. The number of urea groups is 1. The van der Waals surface area contributed by atoms with E-state index in [1.165, 1.54) is 4.90 Å². The molecular formula is C16H18N2O3. The molecule has 2 fully saturated rings. The molecule has 3 rings (SSSR count). The maximum atomic E-state index is 12.7. The van der Waals surface area contributed by atoms with Gasteiger partial charge in [0, 0.05) is 5.54 Å². The van der Waals surface area contributed by atoms with Gasteiger partial charge in [-0.25, -0.2) is 4.79 Å². The third-order valence-corrected chi connectivity index (χ3v) is 4.51. The smallest absolute Gasteiger partial charge is 0.277 e. The van der Waals surface area contributed by atoms with Gasteiger partial charge >= 0.3 is 6.03 Å². The number of nitrogens with one attached hydrogen (secondary N) is 1. The van der Waals surface area contributed by atoms with Crippen LogP contribution in [0.5, 0.6) is 0 Å². The van der Waals surface area contributed by atoms with Crippen LogP contribution in [0.4, 0.5) is 4.79 Å². The van der Waals surface area contributed by atoms with E-state index in [1.54, 1.807) is 6.07 Å². The van der Waals surface area contributed by atoms with Gasteiger partial charge in [0.15, 0.2) is 0 Å². The van der Waals surface area contributed by atoms with Gasteiger partial charge in [0.25, 0.3) is 0 Å². The van der Waals surface area contributed by atoms with E-state index in [9.17, 15) is 14.4 Å². The lowest BCUT2D eigenvalue weighted by molar-refractivity contribution is -0.144. The molecule has 0 radical (unpaired) electrons. The highest BCUT2D eigenvalue weighted by Crippen LogP contribution is 2.40. The largest absolute Gasteiger partial charge is 0.331 e. The van der Waals surface area contributed by atoms with E-state index in [4.69, 9.17) is 0 Å². The third kappa shape index (κ3) is 2.13. The highest BCUT2D eigenvalue weighted by atomic mass is 16.2. The summed E-state index contributed by atoms with van der Waals surface area (Å²) < 4.78 is 0. The molecule has 21 heavy (non-hydrogen) atoms. The van der Waals surface area contributed by atoms with Crippen LogP contribution < -0.4 is 5.32 Å². The number of barbiturate groups is 1. The molecule has 4 amide bonds. The Balaban J connectivity index is 1.99. The van der Waals surface area contributed by atoms with Crippen LogP contribution in [-0.2, 0) is 9.59 Å². The third-order valence-electron chi connectivity index (χ3n) is 4.51. The fraction of sp³-hybridized carbons (Fsp3) is 0.438. The molecule has 1 atom stereocenters. The number of benzene rings is 1. The number of carbonyl (C=O) groups is 3. The summed E-state index contributed by atoms with van der Waals surface area (Å²) in [4.78, 5) is 38.2. The van der Waals surface area contributed by atoms with Crippen molar-refractivity contribution in [1.82, 2.24) is 10.2 Å². The summed E-state index contributed by atoms with van der Waals surface area (Å²) in [5.41, 5.74) is 1.16. The Morgan fingerprint density at radius 2 is 1.95 bits per heavy atom. The fourth-order valence-electron chi connectivity index (χ4n) is 3.14. The average molecular weight is 286 g/mol. The molecule has 1 aromatic rings. The Labute approximate surface area is 123 Å². The summed E-state index contributed by atoms with van der Waals surface area (Å²) in [6.07, 6.45) is 2.58. The molecule has 1 saturated carbocycles. The van der Waals surface area contributed by atoms with Crippen molar-refractivity contribution in [3.8, 4) is 0 Å². The van der Waals surface area contributed by atoms with Crippen LogP contribution in [0.3, 0.4) is 0 Å². The molecule has 2 aliphatic rings. The summed E-state index contributed by atoms with van der Waals surface area (Å²) >= 11 is 0. The number of amides is 4. The molecule has 1 heterocycles. The summed E-state index contributed by atoms with van der Waals surface area (Å²) in [5.74, 6) is -1.87. The molecular weight excluding hydrogens is 268 g/mol. The number of rotatable bonds is 2. The van der Waals surface area contributed by atoms with Gasteiger partial charge in [-0.1, -0.05) is 29.8 Å². The molecule has 110 valence electrons. The van der Waals surface area contributed by atoms with Crippen molar-refractivity contribution in [2.45, 2.75) is 44.6 Å². The molecule has 1 aromatic carbocycles. The molecule has 1 unspecified atom stereocenters. The van der Waals surface area contributed by atoms with Gasteiger partial charge in [-0.2, -0.15) is 0 Å². The second-order valence-corrected chi connectivity index (χ2v) is 6.17. The lowest BCUT2D eigenvalue weighted by Crippen LogP contribution is -2.66. The van der Waals surface area contributed by atoms with E-state index >= 15 is 0 Å². The quantitative estimate of drug-likeness (QED) is 0.847. The van der Waals surface area contributed by atoms with Gasteiger partial charge in [-0.3, -0.25) is 19.8 Å². The van der Waals surface area contributed by atoms with E-state index in [2.05, 4.69) is 5.32 Å². The first-order chi connectivity index (χ1) is 9.92. The molecule has 0 spiro atoms. The van der Waals surface area contributed by atoms with Gasteiger partial charge in [0.05, 0.1) is 0 Å². The van der Waals surface area contributed by atoms with Crippen LogP contribution in [0.2, 0.25) is 0 Å². The van der Waals surface area contributed by atoms with Crippen molar-refractivity contribution in [3.63, 3.8) is 0 Å². The van der Waals surface area contributed by atoms with Crippen LogP contribution >= 0.6 is 0 Å². The summed E-state index contributed by atoms with van der Waals surface area (Å²) in [6.45, 7) is 3.81. The summed E-state index contributed by atoms with van der Waals surface area (Å²) in [7, 11) is 0. The first-order valence-corrected chi connectivity index (χ1v) is 7.18. The number of nitrogens with zero attached hydrogens (tertiary/aromatic N) is 1. The summed E-state index contributed by atoms with van der Waals surface area (Å²) in [5, 5.41) is 2.33. The van der Waals surface area contributed by atoms with E-state index in [0.29, 0.717) is 5.56 Å². The molecule has 1 aliphatic carbocycles. The number of imide groups is 2. The van der Waals surface area contributed by atoms with Crippen LogP contribution in [0, 0.1) is 6.92 Å². The highest BCUT2D eigenvalue weighted by Gasteiger charge is 2.51. The number of carbonyl (C=O) groups excluding carboxylic acids is 3. The van der Waals surface area contributed by atoms with Crippen molar-refractivity contribution >= 4 is 17.8 Å². The second-order valence-electron chi connectivity index (χ2n) is 6.17. The SMILES string of the molecule is Cc1cccc(C2C(=O)NC(=O)N(C3(C)CCC3)C2=O)c1. The molecule has 5 nitrogen and oxygen atoms in total. The van der Waals surface area contributed by atoms with Crippen molar-refractivity contribution < 1.29 is 14.4 Å². The maximum Gasteiger partial charge on any atom is 0.331 e. The highest BCUT2D eigenvalue weighted by molar-refractivity contribution is 6.19. The number of hydrogen-bond donors (Lipinski definition) is 1. The van der Waals surface area contributed by atoms with Gasteiger partial charge < -0.3 is 0 Å². The predicted octanol–water partition coefficient (Wildman–Crippen LogP) is 2.10. The first-order valence-electron chi connectivity index (χ1n) is 7.18. The lowest BCUT2D eigenvalue weighted by Gasteiger charge is -2.48. The second kappa shape index (κ2) is 4.69. The number of hydrogen-bond acceptors (Lipinski definition) is 3. The van der Waals surface area contributed by atoms with E-state index < -0.39 is 29.3 Å². The van der Waals surface area contributed by atoms with E-state index in [-0.39, 0.29) is 0 Å². The Morgan fingerprint density at radius 1 is 1.24 bits per heavy atom. The molecule has 0 aromatic heterocycles. The zero-order chi connectivity index (χ0) is 15.2. The van der Waals surface area contributed by atoms with Crippen molar-refractivity contribution in [3.05, 3.63) is 35.4 Å². The fourth-order valence-corrected chi connectivity index (χ4v) is 3.14. The van der Waals surface area contributed by atoms with Gasteiger partial charge in [-0.05, 0) is 38.7 Å². The Hall–Kier alpha value is -2.17. The Kier molecular flexibility index (Phi) is 3.08. The minimum atomic E-state index is -0.931. The Morgan fingerprint density at radius 3 is 2.52 bits per heavy atom. The average Bonchev–Trinajstić information content (AvgIpc) is 2.36. The minimum Gasteiger partial charge on any atom is -0.277 e. The number of aryl methyl sites for hydroxylation is 1. The normalized spacial score (nSPS) is 24.6. The summed E-state index contributed by atoms with van der Waals surface area (Å²) in [6, 6.07) is 6.71. The molecule has 5 heteroatoms. The van der Waals surface area contributed by atoms with Crippen molar-refractivity contribution in [1.29, 1.82) is 0 Å². The van der Waals surface area contributed by atoms with E-state index in [0.717, 1.165) is 24.8 Å². The topological polar surface area (TPSA) is 66.5 Å². The monoisotopic (exact) mass is 286 g/mol. The molecule has 1 aliphatic heterocycles. The van der Waals surface area contributed by atoms with Crippen LogP contribution in [0.25, 0.3) is 0 Å². The Bertz CT molecular complexity index is 634. The van der Waals surface area contributed by atoms with Crippen LogP contribution in [-0.4, -0.2) is 28.3 Å². The van der Waals surface area contributed by atoms with Crippen LogP contribution in [0.15, 0.2) is 24.3 Å². The van der Waals surface area contributed by atoms with Crippen molar-refractivity contribution in [2.24, 2.45) is 0 Å². The van der Waals surface area contributed by atoms with Crippen molar-refractivity contribution in [2.75, 3.05) is 0 Å². The molecule has 1 N–H and O–H groups in total. The minimum absolute atomic E-state index is 0.406. The first kappa shape index (κ1) is 13.8. The lowest BCUT2D eigenvalue weighted by atomic mass is 9.76. The standard InChI is InChI=1S/C16H18N2O3/c1-10-5-3-6-11(9-10)12-13(19)17-15(21)18(14(12)20)16(2)7-4-8-16/h3,5-6,9,12H,4,7-8H2,1-2H3,(H,17,19,21). The molecule has 1 saturated heterocycles. The molecule has 0 bridgehead atoms. The van der Waals surface area contributed by atoms with E-state index in [1.807, 2.05) is 32.0 Å².